The number of carbonyl (C=O) groups excluding carboxylic acids is 1. The number of amides is 1. The van der Waals surface area contributed by atoms with Crippen molar-refractivity contribution in [1.82, 2.24) is 0 Å². The molecule has 0 radical (unpaired) electrons. The predicted octanol–water partition coefficient (Wildman–Crippen LogP) is 5.43. The molecule has 1 rings (SSSR count). The molecule has 0 heterocycles. The second-order valence-corrected chi connectivity index (χ2v) is 9.77. The third-order valence-corrected chi connectivity index (χ3v) is 6.09. The van der Waals surface area contributed by atoms with Gasteiger partial charge in [0.05, 0.1) is 27.7 Å². The van der Waals surface area contributed by atoms with Crippen LogP contribution in [0.25, 0.3) is 0 Å². The van der Waals surface area contributed by atoms with E-state index in [1.807, 2.05) is 45.4 Å². The van der Waals surface area contributed by atoms with Crippen molar-refractivity contribution in [2.45, 2.75) is 96.1 Å². The van der Waals surface area contributed by atoms with Crippen molar-refractivity contribution < 1.29 is 19.5 Å². The molecule has 0 fully saturated rings. The summed E-state index contributed by atoms with van der Waals surface area (Å²) in [6, 6.07) is 6.98. The van der Waals surface area contributed by atoms with Crippen LogP contribution in [-0.2, 0) is 4.79 Å². The van der Waals surface area contributed by atoms with E-state index >= 15 is 0 Å². The van der Waals surface area contributed by atoms with Crippen LogP contribution in [0.2, 0.25) is 0 Å². The van der Waals surface area contributed by atoms with Gasteiger partial charge in [0.15, 0.2) is 0 Å². The van der Waals surface area contributed by atoms with Crippen molar-refractivity contribution in [3.8, 4) is 0 Å². The van der Waals surface area contributed by atoms with Crippen LogP contribution in [0.3, 0.4) is 0 Å². The number of nitrogens with one attached hydrogen (secondary N) is 1. The Bertz CT molecular complexity index is 596. The number of anilines is 1. The van der Waals surface area contributed by atoms with E-state index in [1.54, 1.807) is 0 Å². The SMILES string of the molecule is CCCCCCCCCCCCCC(=O)Nc1ccc(C(O)[C@@H](CO)[N+](C)(C)C)cc1. The Labute approximate surface area is 190 Å². The number of nitrogens with zero attached hydrogens (tertiary/aromatic N) is 1. The van der Waals surface area contributed by atoms with Gasteiger partial charge in [0.25, 0.3) is 0 Å². The van der Waals surface area contributed by atoms with Crippen molar-refractivity contribution in [2.75, 3.05) is 33.1 Å². The molecule has 0 saturated carbocycles. The molecule has 0 spiro atoms. The summed E-state index contributed by atoms with van der Waals surface area (Å²) in [5.41, 5.74) is 1.49. The smallest absolute Gasteiger partial charge is 0.224 e. The van der Waals surface area contributed by atoms with Crippen molar-refractivity contribution in [3.05, 3.63) is 29.8 Å². The molecule has 2 atom stereocenters. The Morgan fingerprint density at radius 1 is 0.871 bits per heavy atom. The van der Waals surface area contributed by atoms with Gasteiger partial charge in [-0.1, -0.05) is 83.3 Å². The van der Waals surface area contributed by atoms with Gasteiger partial charge in [-0.3, -0.25) is 4.79 Å². The zero-order chi connectivity index (χ0) is 23.1. The predicted molar refractivity (Wildman–Crippen MR) is 130 cm³/mol. The van der Waals surface area contributed by atoms with Gasteiger partial charge in [-0.25, -0.2) is 0 Å². The number of likely N-dealkylation sites (N-methyl/N-ethyl adjacent to an activating group) is 1. The molecule has 0 aliphatic carbocycles. The van der Waals surface area contributed by atoms with Gasteiger partial charge < -0.3 is 20.0 Å². The number of quaternary nitrogens is 1. The zero-order valence-electron chi connectivity index (χ0n) is 20.4. The van der Waals surface area contributed by atoms with Crippen molar-refractivity contribution in [1.29, 1.82) is 0 Å². The summed E-state index contributed by atoms with van der Waals surface area (Å²) >= 11 is 0. The van der Waals surface area contributed by atoms with Crippen molar-refractivity contribution in [3.63, 3.8) is 0 Å². The second-order valence-electron chi connectivity index (χ2n) is 9.77. The summed E-state index contributed by atoms with van der Waals surface area (Å²) in [5.74, 6) is 0.0452. The van der Waals surface area contributed by atoms with E-state index in [4.69, 9.17) is 0 Å². The fraction of sp³-hybridized carbons (Fsp3) is 0.731. The van der Waals surface area contributed by atoms with Crippen LogP contribution in [-0.4, -0.2) is 54.4 Å². The first-order valence-electron chi connectivity index (χ1n) is 12.3. The molecular weight excluding hydrogens is 388 g/mol. The lowest BCUT2D eigenvalue weighted by molar-refractivity contribution is -0.901. The number of aliphatic hydroxyl groups is 2. The maximum Gasteiger partial charge on any atom is 0.224 e. The largest absolute Gasteiger partial charge is 0.390 e. The van der Waals surface area contributed by atoms with Gasteiger partial charge in [0.2, 0.25) is 5.91 Å². The maximum absolute atomic E-state index is 12.2. The number of hydrogen-bond acceptors (Lipinski definition) is 3. The lowest BCUT2D eigenvalue weighted by atomic mass is 10.0. The normalized spacial score (nSPS) is 13.7. The molecule has 0 bridgehead atoms. The van der Waals surface area contributed by atoms with Crippen LogP contribution in [0.4, 0.5) is 5.69 Å². The monoisotopic (exact) mass is 435 g/mol. The minimum absolute atomic E-state index is 0.0452. The quantitative estimate of drug-likeness (QED) is 0.226. The molecule has 1 unspecified atom stereocenters. The molecule has 178 valence electrons. The molecule has 1 amide bonds. The number of benzene rings is 1. The Balaban J connectivity index is 2.22. The van der Waals surface area contributed by atoms with E-state index < -0.39 is 6.10 Å². The Kier molecular flexibility index (Phi) is 13.7. The van der Waals surface area contributed by atoms with Gasteiger partial charge >= 0.3 is 0 Å². The molecule has 0 aliphatic heterocycles. The lowest BCUT2D eigenvalue weighted by Gasteiger charge is -2.36. The molecular formula is C26H47N2O3+. The molecule has 0 aromatic heterocycles. The molecule has 1 aromatic carbocycles. The van der Waals surface area contributed by atoms with Gasteiger partial charge in [0, 0.05) is 12.1 Å². The number of unbranched alkanes of at least 4 members (excludes halogenated alkanes) is 10. The standard InChI is InChI=1S/C26H46N2O3/c1-5-6-7-8-9-10-11-12-13-14-15-16-25(30)27-23-19-17-22(18-20-23)26(31)24(21-29)28(2,3)4/h17-20,24,26,29,31H,5-16,21H2,1-4H3/p+1/t24-,26?/m1/s1. The van der Waals surface area contributed by atoms with E-state index in [0.717, 1.165) is 24.1 Å². The topological polar surface area (TPSA) is 69.6 Å². The van der Waals surface area contributed by atoms with Gasteiger partial charge in [-0.15, -0.1) is 0 Å². The first kappa shape index (κ1) is 27.6. The highest BCUT2D eigenvalue weighted by Crippen LogP contribution is 2.24. The number of carbonyl (C=O) groups is 1. The first-order chi connectivity index (χ1) is 14.8. The molecule has 5 heteroatoms. The highest BCUT2D eigenvalue weighted by Gasteiger charge is 2.31. The van der Waals surface area contributed by atoms with E-state index in [9.17, 15) is 15.0 Å². The third kappa shape index (κ3) is 11.7. The Morgan fingerprint density at radius 2 is 1.35 bits per heavy atom. The zero-order valence-corrected chi connectivity index (χ0v) is 20.4. The molecule has 31 heavy (non-hydrogen) atoms. The van der Waals surface area contributed by atoms with Gasteiger partial charge in [0.1, 0.15) is 12.1 Å². The summed E-state index contributed by atoms with van der Waals surface area (Å²) in [4.78, 5) is 12.2. The molecule has 0 saturated heterocycles. The van der Waals surface area contributed by atoms with E-state index in [1.165, 1.54) is 57.8 Å². The van der Waals surface area contributed by atoms with Crippen LogP contribution in [0.1, 0.15) is 95.6 Å². The summed E-state index contributed by atoms with van der Waals surface area (Å²) in [7, 11) is 5.86. The van der Waals surface area contributed by atoms with Gasteiger partial charge in [-0.05, 0) is 24.1 Å². The van der Waals surface area contributed by atoms with Crippen LogP contribution in [0, 0.1) is 0 Å². The highest BCUT2D eigenvalue weighted by atomic mass is 16.3. The van der Waals surface area contributed by atoms with Gasteiger partial charge in [-0.2, -0.15) is 0 Å². The molecule has 3 N–H and O–H groups in total. The number of hydrogen-bond donors (Lipinski definition) is 3. The third-order valence-electron chi connectivity index (χ3n) is 6.09. The summed E-state index contributed by atoms with van der Waals surface area (Å²) in [6.45, 7) is 2.16. The van der Waals surface area contributed by atoms with E-state index in [-0.39, 0.29) is 18.6 Å². The Hall–Kier alpha value is -1.43. The van der Waals surface area contributed by atoms with Crippen molar-refractivity contribution >= 4 is 11.6 Å². The van der Waals surface area contributed by atoms with Crippen molar-refractivity contribution in [2.24, 2.45) is 0 Å². The lowest BCUT2D eigenvalue weighted by Crippen LogP contribution is -2.50. The average molecular weight is 436 g/mol. The van der Waals surface area contributed by atoms with Crippen LogP contribution in [0.5, 0.6) is 0 Å². The summed E-state index contributed by atoms with van der Waals surface area (Å²) in [5, 5.41) is 23.2. The number of rotatable bonds is 17. The average Bonchev–Trinajstić information content (AvgIpc) is 2.72. The maximum atomic E-state index is 12.2. The summed E-state index contributed by atoms with van der Waals surface area (Å²) < 4.78 is 0.467. The van der Waals surface area contributed by atoms with E-state index in [2.05, 4.69) is 12.2 Å². The number of aliphatic hydroxyl groups excluding tert-OH is 2. The molecule has 1 aromatic rings. The highest BCUT2D eigenvalue weighted by molar-refractivity contribution is 5.90. The van der Waals surface area contributed by atoms with E-state index in [0.29, 0.717) is 10.9 Å². The fourth-order valence-electron chi connectivity index (χ4n) is 3.93. The summed E-state index contributed by atoms with van der Waals surface area (Å²) in [6.07, 6.45) is 13.8. The van der Waals surface area contributed by atoms with Crippen LogP contribution >= 0.6 is 0 Å². The Morgan fingerprint density at radius 3 is 1.81 bits per heavy atom. The second kappa shape index (κ2) is 15.4. The minimum atomic E-state index is -0.758. The molecule has 0 aliphatic rings. The van der Waals surface area contributed by atoms with Crippen LogP contribution < -0.4 is 5.32 Å². The first-order valence-corrected chi connectivity index (χ1v) is 12.3. The van der Waals surface area contributed by atoms with Crippen LogP contribution in [0.15, 0.2) is 24.3 Å². The molecule has 5 nitrogen and oxygen atoms in total. The fourth-order valence-corrected chi connectivity index (χ4v) is 3.93. The minimum Gasteiger partial charge on any atom is -0.390 e.